The van der Waals surface area contributed by atoms with E-state index in [1.54, 1.807) is 7.05 Å². The molecule has 2 rings (SSSR count). The number of hydrogen-bond donors (Lipinski definition) is 4. The summed E-state index contributed by atoms with van der Waals surface area (Å²) in [7, 11) is 1.63. The van der Waals surface area contributed by atoms with E-state index in [2.05, 4.69) is 30.6 Å². The van der Waals surface area contributed by atoms with Crippen molar-refractivity contribution in [2.45, 2.75) is 12.5 Å². The van der Waals surface area contributed by atoms with Crippen LogP contribution in [-0.2, 0) is 0 Å². The summed E-state index contributed by atoms with van der Waals surface area (Å²) in [6.07, 6.45) is -3.13. The van der Waals surface area contributed by atoms with Gasteiger partial charge in [0.05, 0.1) is 6.33 Å². The molecule has 9 heteroatoms. The molecule has 0 bridgehead atoms. The zero-order valence-corrected chi connectivity index (χ0v) is 9.48. The smallest absolute Gasteiger partial charge is 0.265 e. The minimum Gasteiger partial charge on any atom is -0.385 e. The lowest BCUT2D eigenvalue weighted by Gasteiger charge is -2.12. The van der Waals surface area contributed by atoms with Crippen LogP contribution in [0.4, 0.5) is 20.5 Å². The van der Waals surface area contributed by atoms with E-state index in [1.165, 1.54) is 6.33 Å². The number of alkyl halides is 2. The van der Waals surface area contributed by atoms with Gasteiger partial charge in [0, 0.05) is 13.6 Å². The molecule has 0 aromatic carbocycles. The number of halogens is 2. The van der Waals surface area contributed by atoms with Crippen LogP contribution < -0.4 is 10.6 Å². The largest absolute Gasteiger partial charge is 0.385 e. The maximum atomic E-state index is 12.2. The molecule has 18 heavy (non-hydrogen) atoms. The summed E-state index contributed by atoms with van der Waals surface area (Å²) >= 11 is 0. The highest BCUT2D eigenvalue weighted by Gasteiger charge is 2.17. The minimum absolute atomic E-state index is 0.307. The summed E-state index contributed by atoms with van der Waals surface area (Å²) in [5.41, 5.74) is 0.902. The van der Waals surface area contributed by atoms with E-state index < -0.39 is 12.5 Å². The molecule has 98 valence electrons. The third kappa shape index (κ3) is 2.45. The lowest BCUT2D eigenvalue weighted by Crippen LogP contribution is -2.27. The summed E-state index contributed by atoms with van der Waals surface area (Å²) in [6.45, 7) is -0.314. The fourth-order valence-electron chi connectivity index (χ4n) is 1.36. The first kappa shape index (κ1) is 12.4. The van der Waals surface area contributed by atoms with Crippen molar-refractivity contribution in [3.8, 4) is 0 Å². The number of hydrogen-bond acceptors (Lipinski definition) is 6. The first-order chi connectivity index (χ1) is 8.61. The Morgan fingerprint density at radius 1 is 1.44 bits per heavy atom. The van der Waals surface area contributed by atoms with Crippen molar-refractivity contribution >= 4 is 22.9 Å². The second-order valence-electron chi connectivity index (χ2n) is 3.53. The fourth-order valence-corrected chi connectivity index (χ4v) is 1.36. The first-order valence-corrected chi connectivity index (χ1v) is 5.20. The van der Waals surface area contributed by atoms with Gasteiger partial charge in [0.1, 0.15) is 11.6 Å². The quantitative estimate of drug-likeness (QED) is 0.621. The number of fused-ring (bicyclic) bond motifs is 1. The second-order valence-corrected chi connectivity index (χ2v) is 3.53. The third-order valence-corrected chi connectivity index (χ3v) is 2.28. The predicted molar refractivity (Wildman–Crippen MR) is 61.7 cm³/mol. The van der Waals surface area contributed by atoms with Crippen molar-refractivity contribution in [1.29, 1.82) is 0 Å². The molecule has 0 aliphatic heterocycles. The molecule has 0 spiro atoms. The Hall–Kier alpha value is -2.03. The second kappa shape index (κ2) is 5.08. The number of aliphatic hydroxyl groups excluding tert-OH is 1. The topological polar surface area (TPSA) is 98.8 Å². The number of aromatic nitrogens is 4. The van der Waals surface area contributed by atoms with Gasteiger partial charge < -0.3 is 20.7 Å². The summed E-state index contributed by atoms with van der Waals surface area (Å²) in [5.74, 6) is 0.616. The Morgan fingerprint density at radius 2 is 2.22 bits per heavy atom. The number of nitrogens with one attached hydrogen (secondary N) is 3. The number of aliphatic hydroxyl groups is 1. The van der Waals surface area contributed by atoms with Gasteiger partial charge in [-0.25, -0.2) is 13.8 Å². The molecule has 1 unspecified atom stereocenters. The van der Waals surface area contributed by atoms with Gasteiger partial charge in [-0.3, -0.25) is 0 Å². The van der Waals surface area contributed by atoms with Crippen LogP contribution in [0.1, 0.15) is 0 Å². The first-order valence-electron chi connectivity index (χ1n) is 5.20. The normalized spacial score (nSPS) is 12.9. The number of nitrogens with zero attached hydrogens (tertiary/aromatic N) is 3. The number of imidazole rings is 1. The van der Waals surface area contributed by atoms with Gasteiger partial charge in [0.2, 0.25) is 5.95 Å². The highest BCUT2D eigenvalue weighted by Crippen LogP contribution is 2.18. The SMILES string of the molecule is CNc1nc(NCC(O)C(F)F)c2[nH]cnc2n1. The van der Waals surface area contributed by atoms with E-state index in [0.29, 0.717) is 22.9 Å². The van der Waals surface area contributed by atoms with Crippen molar-refractivity contribution < 1.29 is 13.9 Å². The molecule has 0 radical (unpaired) electrons. The Balaban J connectivity index is 2.23. The molecule has 2 aromatic heterocycles. The van der Waals surface area contributed by atoms with Crippen molar-refractivity contribution in [3.63, 3.8) is 0 Å². The molecular formula is C9H12F2N6O. The molecule has 1 atom stereocenters. The maximum absolute atomic E-state index is 12.2. The zero-order valence-electron chi connectivity index (χ0n) is 9.48. The molecule has 0 amide bonds. The van der Waals surface area contributed by atoms with Crippen LogP contribution in [0.15, 0.2) is 6.33 Å². The lowest BCUT2D eigenvalue weighted by molar-refractivity contribution is 0.00382. The molecule has 0 aliphatic carbocycles. The third-order valence-electron chi connectivity index (χ3n) is 2.28. The standard InChI is InChI=1S/C9H12F2N6O/c1-12-9-16-7(13-2-4(18)6(10)11)5-8(17-9)15-3-14-5/h3-4,6,18H,2H2,1H3,(H3,12,13,14,15,16,17). The van der Waals surface area contributed by atoms with Gasteiger partial charge in [-0.15, -0.1) is 0 Å². The Morgan fingerprint density at radius 3 is 2.89 bits per heavy atom. The molecule has 0 saturated carbocycles. The van der Waals surface area contributed by atoms with E-state index in [0.717, 1.165) is 0 Å². The molecule has 4 N–H and O–H groups in total. The Bertz CT molecular complexity index is 531. The number of aromatic amines is 1. The van der Waals surface area contributed by atoms with Crippen LogP contribution >= 0.6 is 0 Å². The van der Waals surface area contributed by atoms with Crippen LogP contribution in [-0.4, -0.2) is 51.2 Å². The molecular weight excluding hydrogens is 246 g/mol. The van der Waals surface area contributed by atoms with Crippen LogP contribution in [0.5, 0.6) is 0 Å². The molecule has 7 nitrogen and oxygen atoms in total. The van der Waals surface area contributed by atoms with Gasteiger partial charge in [-0.2, -0.15) is 9.97 Å². The van der Waals surface area contributed by atoms with Crippen molar-refractivity contribution in [2.75, 3.05) is 24.2 Å². The van der Waals surface area contributed by atoms with Crippen molar-refractivity contribution in [2.24, 2.45) is 0 Å². The van der Waals surface area contributed by atoms with Crippen LogP contribution in [0.2, 0.25) is 0 Å². The fraction of sp³-hybridized carbons (Fsp3) is 0.444. The van der Waals surface area contributed by atoms with E-state index in [9.17, 15) is 8.78 Å². The molecule has 0 fully saturated rings. The maximum Gasteiger partial charge on any atom is 0.265 e. The van der Waals surface area contributed by atoms with Crippen LogP contribution in [0.25, 0.3) is 11.2 Å². The van der Waals surface area contributed by atoms with Gasteiger partial charge in [-0.1, -0.05) is 0 Å². The van der Waals surface area contributed by atoms with Gasteiger partial charge >= 0.3 is 0 Å². The van der Waals surface area contributed by atoms with E-state index in [-0.39, 0.29) is 6.54 Å². The highest BCUT2D eigenvalue weighted by molar-refractivity contribution is 5.83. The van der Waals surface area contributed by atoms with Crippen molar-refractivity contribution in [3.05, 3.63) is 6.33 Å². The van der Waals surface area contributed by atoms with E-state index in [4.69, 9.17) is 5.11 Å². The summed E-state index contributed by atoms with van der Waals surface area (Å²) < 4.78 is 24.4. The zero-order chi connectivity index (χ0) is 13.1. The average Bonchev–Trinajstić information content (AvgIpc) is 2.83. The summed E-state index contributed by atoms with van der Waals surface area (Å²) in [6, 6.07) is 0. The van der Waals surface area contributed by atoms with Crippen LogP contribution in [0.3, 0.4) is 0 Å². The summed E-state index contributed by atoms with van der Waals surface area (Å²) in [4.78, 5) is 14.9. The Kier molecular flexibility index (Phi) is 3.51. The monoisotopic (exact) mass is 258 g/mol. The predicted octanol–water partition coefficient (Wildman–Crippen LogP) is 0.432. The Labute approximate surface area is 101 Å². The average molecular weight is 258 g/mol. The number of H-pyrrole nitrogens is 1. The van der Waals surface area contributed by atoms with Gasteiger partial charge in [0.25, 0.3) is 6.43 Å². The number of rotatable bonds is 5. The van der Waals surface area contributed by atoms with E-state index >= 15 is 0 Å². The van der Waals surface area contributed by atoms with Crippen molar-refractivity contribution in [1.82, 2.24) is 19.9 Å². The number of anilines is 2. The molecule has 0 saturated heterocycles. The summed E-state index contributed by atoms with van der Waals surface area (Å²) in [5, 5.41) is 14.4. The van der Waals surface area contributed by atoms with E-state index in [1.807, 2.05) is 0 Å². The van der Waals surface area contributed by atoms with Gasteiger partial charge in [-0.05, 0) is 0 Å². The molecule has 2 aromatic rings. The highest BCUT2D eigenvalue weighted by atomic mass is 19.3. The van der Waals surface area contributed by atoms with Gasteiger partial charge in [0.15, 0.2) is 11.5 Å². The molecule has 2 heterocycles. The minimum atomic E-state index is -2.81. The van der Waals surface area contributed by atoms with Crippen LogP contribution in [0, 0.1) is 0 Å². The molecule has 0 aliphatic rings. The lowest BCUT2D eigenvalue weighted by atomic mass is 10.3.